The average molecular weight is 1290 g/mol. The van der Waals surface area contributed by atoms with Crippen LogP contribution in [0.15, 0.2) is 84.9 Å². The molecule has 0 saturated heterocycles. The Morgan fingerprint density at radius 3 is 1.47 bits per heavy atom. The number of nitrogens with one attached hydrogen (secondary N) is 5. The van der Waals surface area contributed by atoms with Crippen LogP contribution in [-0.2, 0) is 35.5 Å². The standard InChI is InChI=1S/C32H37ClF3N7O5.C28H32ClF3N6O3/c1-31(2)17-38-26(44)22-9-6-20(7-10-22)15-25-39-29(41-30(40-25)48-19-32(34,35)36)37-16-21-8-11-24(23(33)14-21)47-13-5-12-43(18-31)28(46)27(45)42(3)4;1-27(2)15-33-10-3-11-40-22-9-6-19(12-21(22)29)14-34-25-36-23(37-26(38-25)41-17-28(30,31)32)13-18-4-7-20(8-5-18)24(39)35-16-27/h6-11,14H,5,12-13,15-19H2,1-4H3,(H,38,44)(H,37,39,40,41);4-9,12,33H,3,10-11,13-17H2,1-2H3,(H,35,39)(H,34,36,37,38). The molecule has 29 heteroatoms. The van der Waals surface area contributed by atoms with Crippen molar-refractivity contribution < 1.29 is 64.5 Å². The number of hydrogen-bond acceptors (Lipinski definition) is 17. The summed E-state index contributed by atoms with van der Waals surface area (Å²) < 4.78 is 98.2. The molecule has 8 aliphatic heterocycles. The van der Waals surface area contributed by atoms with Crippen LogP contribution in [0.1, 0.15) is 95.2 Å². The van der Waals surface area contributed by atoms with Gasteiger partial charge in [-0.25, -0.2) is 0 Å². The molecular formula is C60H69Cl2F6N13O8. The van der Waals surface area contributed by atoms with Gasteiger partial charge < -0.3 is 55.3 Å². The molecule has 2 aromatic heterocycles. The molecule has 0 saturated carbocycles. The number of carbonyl (C=O) groups excluding carboxylic acids is 4. The highest BCUT2D eigenvalue weighted by molar-refractivity contribution is 6.34. The van der Waals surface area contributed by atoms with E-state index in [9.17, 15) is 45.5 Å². The predicted molar refractivity (Wildman–Crippen MR) is 319 cm³/mol. The lowest BCUT2D eigenvalue weighted by molar-refractivity contribution is -0.155. The molecular weight excluding hydrogens is 1220 g/mol. The third-order valence-electron chi connectivity index (χ3n) is 13.2. The van der Waals surface area contributed by atoms with E-state index < -0.39 is 54.8 Å². The number of ether oxygens (including phenoxy) is 4. The van der Waals surface area contributed by atoms with E-state index in [1.165, 1.54) is 23.9 Å². The molecule has 10 heterocycles. The van der Waals surface area contributed by atoms with Gasteiger partial charge in [-0.1, -0.05) is 87.3 Å². The maximum absolute atomic E-state index is 13.1. The molecule has 4 aromatic carbocycles. The lowest BCUT2D eigenvalue weighted by Gasteiger charge is -2.33. The quantitative estimate of drug-likeness (QED) is 0.0816. The van der Waals surface area contributed by atoms with Gasteiger partial charge >= 0.3 is 36.2 Å². The van der Waals surface area contributed by atoms with Gasteiger partial charge in [0.1, 0.15) is 23.1 Å². The van der Waals surface area contributed by atoms with E-state index in [-0.39, 0.29) is 92.9 Å². The number of amides is 4. The SMILES string of the molecule is CC1(C)CNCCCOc2ccc(cc2Cl)CNc2nc(nc(OCC(F)(F)F)n2)Cc2ccc(cc2)C(=O)NC1.CN(C)C(=O)C(=O)N1CCCOc2ccc(cc2Cl)CNc2nc(nc(OCC(F)(F)F)n2)Cc2ccc(cc2)C(=O)NCC(C)(C)C1. The fraction of sp³-hybridized carbons (Fsp3) is 0.433. The Bertz CT molecular complexity index is 3400. The fourth-order valence-corrected chi connectivity index (χ4v) is 9.17. The Balaban J connectivity index is 0.000000257. The highest BCUT2D eigenvalue weighted by Gasteiger charge is 2.32. The average Bonchev–Trinajstić information content (AvgIpc) is 2.95. The Morgan fingerprint density at radius 1 is 0.596 bits per heavy atom. The topological polar surface area (TPSA) is 249 Å². The summed E-state index contributed by atoms with van der Waals surface area (Å²) in [4.78, 5) is 78.9. The van der Waals surface area contributed by atoms with E-state index in [0.717, 1.165) is 24.1 Å². The molecule has 6 aromatic rings. The van der Waals surface area contributed by atoms with Crippen LogP contribution < -0.4 is 45.5 Å². The fourth-order valence-electron chi connectivity index (χ4n) is 8.65. The summed E-state index contributed by atoms with van der Waals surface area (Å²) in [5.41, 5.74) is 2.99. The van der Waals surface area contributed by atoms with E-state index in [0.29, 0.717) is 69.9 Å². The van der Waals surface area contributed by atoms with E-state index >= 15 is 0 Å². The van der Waals surface area contributed by atoms with Crippen molar-refractivity contribution in [2.75, 3.05) is 90.4 Å². The van der Waals surface area contributed by atoms with Crippen LogP contribution >= 0.6 is 23.2 Å². The summed E-state index contributed by atoms with van der Waals surface area (Å²) in [5, 5.41) is 16.0. The minimum absolute atomic E-state index is 0.00598. The second-order valence-electron chi connectivity index (χ2n) is 22.7. The van der Waals surface area contributed by atoms with Gasteiger partial charge in [0.05, 0.1) is 23.3 Å². The minimum Gasteiger partial charge on any atom is -0.492 e. The summed E-state index contributed by atoms with van der Waals surface area (Å²) in [6, 6.07) is 22.9. The summed E-state index contributed by atoms with van der Waals surface area (Å²) >= 11 is 12.9. The van der Waals surface area contributed by atoms with E-state index in [1.54, 1.807) is 78.9 Å². The number of halogens is 8. The van der Waals surface area contributed by atoms with Crippen molar-refractivity contribution in [3.05, 3.63) is 140 Å². The van der Waals surface area contributed by atoms with Gasteiger partial charge in [0.25, 0.3) is 11.8 Å². The molecule has 0 atom stereocenters. The number of alkyl halides is 6. The Hall–Kier alpha value is -8.30. The molecule has 12 bridgehead atoms. The summed E-state index contributed by atoms with van der Waals surface area (Å²) in [6.45, 7) is 8.37. The Labute approximate surface area is 520 Å². The summed E-state index contributed by atoms with van der Waals surface area (Å²) in [5.74, 6) is -0.546. The normalized spacial score (nSPS) is 16.2. The molecule has 0 spiro atoms. The van der Waals surface area contributed by atoms with Crippen LogP contribution in [0.3, 0.4) is 0 Å². The monoisotopic (exact) mass is 1280 g/mol. The van der Waals surface area contributed by atoms with Crippen molar-refractivity contribution in [1.29, 1.82) is 0 Å². The third kappa shape index (κ3) is 22.7. The first-order valence-corrected chi connectivity index (χ1v) is 28.9. The molecule has 14 rings (SSSR count). The van der Waals surface area contributed by atoms with Gasteiger partial charge in [0.15, 0.2) is 13.2 Å². The predicted octanol–water partition coefficient (Wildman–Crippen LogP) is 8.92. The van der Waals surface area contributed by atoms with Crippen LogP contribution in [0.4, 0.5) is 38.2 Å². The Morgan fingerprint density at radius 2 is 1.03 bits per heavy atom. The molecule has 4 amide bonds. The number of anilines is 2. The first kappa shape index (κ1) is 68.2. The second kappa shape index (κ2) is 30.8. The zero-order valence-electron chi connectivity index (χ0n) is 49.8. The molecule has 8 aliphatic rings. The van der Waals surface area contributed by atoms with Crippen molar-refractivity contribution >= 4 is 58.7 Å². The molecule has 0 unspecified atom stereocenters. The molecule has 89 heavy (non-hydrogen) atoms. The number of likely N-dealkylation sites (N-methyl/N-ethyl adjacent to an activating group) is 1. The zero-order chi connectivity index (χ0) is 64.5. The Kier molecular flexibility index (Phi) is 23.6. The molecule has 0 aliphatic carbocycles. The summed E-state index contributed by atoms with van der Waals surface area (Å²) in [7, 11) is 3.01. The molecule has 0 fully saturated rings. The maximum atomic E-state index is 13.1. The zero-order valence-corrected chi connectivity index (χ0v) is 51.3. The van der Waals surface area contributed by atoms with E-state index in [2.05, 4.69) is 70.3 Å². The van der Waals surface area contributed by atoms with Crippen LogP contribution in [-0.4, -0.2) is 155 Å². The minimum atomic E-state index is -4.59. The third-order valence-corrected chi connectivity index (χ3v) is 13.8. The summed E-state index contributed by atoms with van der Waals surface area (Å²) in [6.07, 6.45) is -7.70. The molecule has 0 radical (unpaired) electrons. The van der Waals surface area contributed by atoms with Crippen molar-refractivity contribution in [2.45, 2.75) is 78.8 Å². The van der Waals surface area contributed by atoms with Crippen LogP contribution in [0, 0.1) is 10.8 Å². The van der Waals surface area contributed by atoms with Crippen molar-refractivity contribution in [2.24, 2.45) is 10.8 Å². The number of nitrogens with zero attached hydrogens (tertiary/aromatic N) is 8. The van der Waals surface area contributed by atoms with E-state index in [1.807, 2.05) is 19.9 Å². The van der Waals surface area contributed by atoms with Gasteiger partial charge in [-0.2, -0.15) is 56.2 Å². The lowest BCUT2D eigenvalue weighted by atomic mass is 9.92. The van der Waals surface area contributed by atoms with Crippen LogP contribution in [0.5, 0.6) is 23.5 Å². The lowest BCUT2D eigenvalue weighted by Crippen LogP contribution is -2.49. The number of hydrogen-bond donors (Lipinski definition) is 5. The second-order valence-corrected chi connectivity index (χ2v) is 23.5. The van der Waals surface area contributed by atoms with Crippen molar-refractivity contribution in [3.63, 3.8) is 0 Å². The van der Waals surface area contributed by atoms with Gasteiger partial charge in [0, 0.05) is 83.9 Å². The van der Waals surface area contributed by atoms with Crippen LogP contribution in [0.2, 0.25) is 10.0 Å². The van der Waals surface area contributed by atoms with Gasteiger partial charge in [-0.05, 0) is 101 Å². The van der Waals surface area contributed by atoms with Crippen molar-refractivity contribution in [1.82, 2.24) is 55.7 Å². The smallest absolute Gasteiger partial charge is 0.422 e. The molecule has 21 nitrogen and oxygen atoms in total. The highest BCUT2D eigenvalue weighted by Crippen LogP contribution is 2.29. The number of rotatable bonds is 4. The first-order valence-electron chi connectivity index (χ1n) is 28.2. The van der Waals surface area contributed by atoms with Gasteiger partial charge in [-0.3, -0.25) is 19.2 Å². The first-order chi connectivity index (χ1) is 42.0. The molecule has 478 valence electrons. The van der Waals surface area contributed by atoms with E-state index in [4.69, 9.17) is 42.1 Å². The highest BCUT2D eigenvalue weighted by atomic mass is 35.5. The molecule has 5 N–H and O–H groups in total. The van der Waals surface area contributed by atoms with Gasteiger partial charge in [0.2, 0.25) is 11.9 Å². The van der Waals surface area contributed by atoms with Crippen LogP contribution in [0.25, 0.3) is 0 Å². The maximum Gasteiger partial charge on any atom is 0.422 e. The number of carbonyl (C=O) groups is 4. The number of aromatic nitrogens is 6. The largest absolute Gasteiger partial charge is 0.492 e. The van der Waals surface area contributed by atoms with Crippen molar-refractivity contribution in [3.8, 4) is 23.5 Å². The number of benzene rings is 4. The van der Waals surface area contributed by atoms with Gasteiger partial charge in [-0.15, -0.1) is 0 Å².